The van der Waals surface area contributed by atoms with Crippen LogP contribution in [0.4, 0.5) is 0 Å². The van der Waals surface area contributed by atoms with E-state index in [1.54, 1.807) is 0 Å². The molecule has 0 N–H and O–H groups in total. The van der Waals surface area contributed by atoms with E-state index in [9.17, 15) is 0 Å². The van der Waals surface area contributed by atoms with Crippen LogP contribution < -0.4 is 0 Å². The van der Waals surface area contributed by atoms with Gasteiger partial charge in [0.25, 0.3) is 0 Å². The highest BCUT2D eigenvalue weighted by molar-refractivity contribution is 9.09. The third kappa shape index (κ3) is 10.7. The summed E-state index contributed by atoms with van der Waals surface area (Å²) in [6, 6.07) is 0. The quantitative estimate of drug-likeness (QED) is 0.363. The van der Waals surface area contributed by atoms with Crippen molar-refractivity contribution in [3.8, 4) is 0 Å². The standard InChI is InChI=1S/C15H29Br/c1-13(2)7-5-8-14(3)9-6-10-15(4)11-12-16/h11,13-14H,5-10,12H2,1-4H3/b15-11+. The van der Waals surface area contributed by atoms with Crippen LogP contribution in [0.1, 0.15) is 66.2 Å². The van der Waals surface area contributed by atoms with Gasteiger partial charge in [-0.15, -0.1) is 0 Å². The molecule has 1 atom stereocenters. The Kier molecular flexibility index (Phi) is 10.5. The zero-order chi connectivity index (χ0) is 12.4. The Bertz CT molecular complexity index is 182. The van der Waals surface area contributed by atoms with Gasteiger partial charge in [0.05, 0.1) is 0 Å². The molecule has 0 aliphatic rings. The first-order chi connectivity index (χ1) is 7.56. The van der Waals surface area contributed by atoms with Crippen molar-refractivity contribution in [2.24, 2.45) is 11.8 Å². The van der Waals surface area contributed by atoms with Crippen molar-refractivity contribution in [2.75, 3.05) is 5.33 Å². The fraction of sp³-hybridized carbons (Fsp3) is 0.867. The second-order valence-corrected chi connectivity index (χ2v) is 6.17. The Hall–Kier alpha value is 0.220. The molecule has 0 nitrogen and oxygen atoms in total. The molecule has 1 unspecified atom stereocenters. The van der Waals surface area contributed by atoms with Gasteiger partial charge in [-0.05, 0) is 31.6 Å². The van der Waals surface area contributed by atoms with Crippen LogP contribution in [0.3, 0.4) is 0 Å². The van der Waals surface area contributed by atoms with Gasteiger partial charge in [-0.3, -0.25) is 0 Å². The van der Waals surface area contributed by atoms with Crippen molar-refractivity contribution < 1.29 is 0 Å². The number of halogens is 1. The van der Waals surface area contributed by atoms with E-state index in [0.717, 1.165) is 17.2 Å². The maximum absolute atomic E-state index is 3.44. The predicted octanol–water partition coefficient (Wildman–Crippen LogP) is 5.96. The summed E-state index contributed by atoms with van der Waals surface area (Å²) in [6.07, 6.45) is 10.5. The number of rotatable bonds is 9. The maximum Gasteiger partial charge on any atom is 0.0214 e. The van der Waals surface area contributed by atoms with Crippen LogP contribution >= 0.6 is 15.9 Å². The molecule has 0 aromatic carbocycles. The molecule has 96 valence electrons. The molecule has 0 radical (unpaired) electrons. The highest BCUT2D eigenvalue weighted by atomic mass is 79.9. The second kappa shape index (κ2) is 10.4. The molecule has 0 rings (SSSR count). The average molecular weight is 289 g/mol. The van der Waals surface area contributed by atoms with E-state index in [1.807, 2.05) is 0 Å². The average Bonchev–Trinajstić information content (AvgIpc) is 2.17. The second-order valence-electron chi connectivity index (χ2n) is 5.53. The van der Waals surface area contributed by atoms with E-state index in [4.69, 9.17) is 0 Å². The summed E-state index contributed by atoms with van der Waals surface area (Å²) in [5.41, 5.74) is 1.53. The lowest BCUT2D eigenvalue weighted by Crippen LogP contribution is -1.97. The molecule has 0 amide bonds. The van der Waals surface area contributed by atoms with E-state index < -0.39 is 0 Å². The zero-order valence-corrected chi connectivity index (χ0v) is 13.1. The Morgan fingerprint density at radius 2 is 1.69 bits per heavy atom. The van der Waals surface area contributed by atoms with Gasteiger partial charge in [0.2, 0.25) is 0 Å². The Labute approximate surface area is 111 Å². The van der Waals surface area contributed by atoms with Crippen LogP contribution in [0.25, 0.3) is 0 Å². The van der Waals surface area contributed by atoms with Gasteiger partial charge in [0.1, 0.15) is 0 Å². The lowest BCUT2D eigenvalue weighted by atomic mass is 9.94. The molecule has 16 heavy (non-hydrogen) atoms. The zero-order valence-electron chi connectivity index (χ0n) is 11.6. The highest BCUT2D eigenvalue weighted by Gasteiger charge is 2.03. The molecule has 1 heteroatoms. The summed E-state index contributed by atoms with van der Waals surface area (Å²) in [4.78, 5) is 0. The SMILES string of the molecule is C/C(=C\CBr)CCCC(C)CCCC(C)C. The molecule has 0 aromatic rings. The third-order valence-corrected chi connectivity index (χ3v) is 3.50. The first-order valence-electron chi connectivity index (χ1n) is 6.77. The summed E-state index contributed by atoms with van der Waals surface area (Å²) in [6.45, 7) is 9.28. The van der Waals surface area contributed by atoms with Gasteiger partial charge >= 0.3 is 0 Å². The van der Waals surface area contributed by atoms with E-state index in [-0.39, 0.29) is 0 Å². The number of hydrogen-bond acceptors (Lipinski definition) is 0. The summed E-state index contributed by atoms with van der Waals surface area (Å²) < 4.78 is 0. The maximum atomic E-state index is 3.44. The molecule has 0 heterocycles. The van der Waals surface area contributed by atoms with E-state index in [2.05, 4.69) is 49.7 Å². The van der Waals surface area contributed by atoms with Gasteiger partial charge < -0.3 is 0 Å². The highest BCUT2D eigenvalue weighted by Crippen LogP contribution is 2.18. The number of alkyl halides is 1. The summed E-state index contributed by atoms with van der Waals surface area (Å²) in [7, 11) is 0. The van der Waals surface area contributed by atoms with Gasteiger partial charge in [-0.1, -0.05) is 74.0 Å². The topological polar surface area (TPSA) is 0 Å². The monoisotopic (exact) mass is 288 g/mol. The van der Waals surface area contributed by atoms with E-state index >= 15 is 0 Å². The molecule has 0 aliphatic heterocycles. The molecule has 0 aliphatic carbocycles. The van der Waals surface area contributed by atoms with Crippen LogP contribution in [-0.2, 0) is 0 Å². The van der Waals surface area contributed by atoms with Gasteiger partial charge in [-0.2, -0.15) is 0 Å². The van der Waals surface area contributed by atoms with Crippen molar-refractivity contribution in [3.63, 3.8) is 0 Å². The van der Waals surface area contributed by atoms with Crippen molar-refractivity contribution in [1.29, 1.82) is 0 Å². The molecule has 0 bridgehead atoms. The van der Waals surface area contributed by atoms with E-state index in [0.29, 0.717) is 0 Å². The number of allylic oxidation sites excluding steroid dienone is 2. The number of hydrogen-bond donors (Lipinski definition) is 0. The Morgan fingerprint density at radius 3 is 2.25 bits per heavy atom. The van der Waals surface area contributed by atoms with Crippen LogP contribution in [0.5, 0.6) is 0 Å². The summed E-state index contributed by atoms with van der Waals surface area (Å²) in [5, 5.41) is 1.00. The van der Waals surface area contributed by atoms with Crippen LogP contribution in [0.2, 0.25) is 0 Å². The molecular weight excluding hydrogens is 260 g/mol. The first kappa shape index (κ1) is 16.2. The predicted molar refractivity (Wildman–Crippen MR) is 79.3 cm³/mol. The third-order valence-electron chi connectivity index (χ3n) is 3.17. The largest absolute Gasteiger partial charge is 0.0883 e. The van der Waals surface area contributed by atoms with Crippen LogP contribution in [0, 0.1) is 11.8 Å². The first-order valence-corrected chi connectivity index (χ1v) is 7.90. The molecular formula is C15H29Br. The van der Waals surface area contributed by atoms with Crippen molar-refractivity contribution >= 4 is 15.9 Å². The lowest BCUT2D eigenvalue weighted by Gasteiger charge is -2.12. The van der Waals surface area contributed by atoms with Crippen LogP contribution in [-0.4, -0.2) is 5.33 Å². The normalized spacial score (nSPS) is 14.5. The fourth-order valence-electron chi connectivity index (χ4n) is 1.98. The lowest BCUT2D eigenvalue weighted by molar-refractivity contribution is 0.427. The van der Waals surface area contributed by atoms with Crippen LogP contribution in [0.15, 0.2) is 11.6 Å². The van der Waals surface area contributed by atoms with Gasteiger partial charge in [0.15, 0.2) is 0 Å². The molecule has 0 fully saturated rings. The minimum absolute atomic E-state index is 0.872. The Balaban J connectivity index is 3.43. The summed E-state index contributed by atoms with van der Waals surface area (Å²) >= 11 is 3.44. The molecule has 0 saturated heterocycles. The fourth-order valence-corrected chi connectivity index (χ4v) is 2.53. The summed E-state index contributed by atoms with van der Waals surface area (Å²) in [5.74, 6) is 1.78. The van der Waals surface area contributed by atoms with Gasteiger partial charge in [-0.25, -0.2) is 0 Å². The molecule has 0 spiro atoms. The minimum Gasteiger partial charge on any atom is -0.0883 e. The molecule has 0 aromatic heterocycles. The van der Waals surface area contributed by atoms with Crippen molar-refractivity contribution in [3.05, 3.63) is 11.6 Å². The van der Waals surface area contributed by atoms with E-state index in [1.165, 1.54) is 44.1 Å². The van der Waals surface area contributed by atoms with Gasteiger partial charge in [0, 0.05) is 5.33 Å². The Morgan fingerprint density at radius 1 is 1.06 bits per heavy atom. The molecule has 0 saturated carbocycles. The smallest absolute Gasteiger partial charge is 0.0214 e. The van der Waals surface area contributed by atoms with Crippen molar-refractivity contribution in [1.82, 2.24) is 0 Å². The van der Waals surface area contributed by atoms with Crippen molar-refractivity contribution in [2.45, 2.75) is 66.2 Å². The minimum atomic E-state index is 0.872.